The first-order chi connectivity index (χ1) is 10.9. The zero-order valence-corrected chi connectivity index (χ0v) is 12.5. The van der Waals surface area contributed by atoms with Crippen molar-refractivity contribution >= 4 is 6.08 Å². The molecule has 3 rings (SSSR count). The highest BCUT2D eigenvalue weighted by Gasteiger charge is 2.36. The van der Waals surface area contributed by atoms with Crippen LogP contribution < -0.4 is 9.47 Å². The van der Waals surface area contributed by atoms with Crippen LogP contribution in [0.5, 0.6) is 11.5 Å². The Morgan fingerprint density at radius 2 is 1.74 bits per heavy atom. The predicted molar refractivity (Wildman–Crippen MR) is 77.7 cm³/mol. The average Bonchev–Trinajstić information content (AvgIpc) is 3.13. The van der Waals surface area contributed by atoms with Crippen molar-refractivity contribution < 1.29 is 27.0 Å². The quantitative estimate of drug-likeness (QED) is 0.667. The molecule has 23 heavy (non-hydrogen) atoms. The summed E-state index contributed by atoms with van der Waals surface area (Å²) in [5.74, 6) is -1.74. The number of hydrogen-bond acceptors (Lipinski definition) is 2. The molecule has 0 atom stereocenters. The second-order valence-electron chi connectivity index (χ2n) is 6.06. The monoisotopic (exact) mass is 330 g/mol. The third-order valence-corrected chi connectivity index (χ3v) is 4.07. The maximum atomic E-state index is 14.5. The van der Waals surface area contributed by atoms with Crippen LogP contribution in [0.25, 0.3) is 6.08 Å². The van der Waals surface area contributed by atoms with Crippen molar-refractivity contribution in [2.45, 2.75) is 51.0 Å². The summed E-state index contributed by atoms with van der Waals surface area (Å²) in [5.41, 5.74) is 0.0827. The summed E-state index contributed by atoms with van der Waals surface area (Å²) in [6, 6.07) is 2.78. The third-order valence-electron chi connectivity index (χ3n) is 4.07. The van der Waals surface area contributed by atoms with Crippen LogP contribution in [-0.2, 0) is 0 Å². The van der Waals surface area contributed by atoms with Crippen LogP contribution in [0.15, 0.2) is 18.2 Å². The van der Waals surface area contributed by atoms with E-state index >= 15 is 0 Å². The molecule has 6 heteroatoms. The molecular weight excluding hydrogens is 312 g/mol. The molecule has 0 N–H and O–H groups in total. The fourth-order valence-corrected chi connectivity index (χ4v) is 2.74. The van der Waals surface area contributed by atoms with Gasteiger partial charge in [0.05, 0.1) is 6.10 Å². The number of halogens is 4. The maximum Gasteiger partial charge on any atom is 0.573 e. The third kappa shape index (κ3) is 4.39. The molecular formula is C17H18F4O2. The fraction of sp³-hybridized carbons (Fsp3) is 0.529. The largest absolute Gasteiger partial charge is 0.573 e. The number of benzene rings is 1. The lowest BCUT2D eigenvalue weighted by Crippen LogP contribution is -2.19. The molecule has 0 aliphatic heterocycles. The van der Waals surface area contributed by atoms with Crippen molar-refractivity contribution in [3.63, 3.8) is 0 Å². The Hall–Kier alpha value is -1.72. The van der Waals surface area contributed by atoms with Gasteiger partial charge in [0.1, 0.15) is 0 Å². The van der Waals surface area contributed by atoms with E-state index in [9.17, 15) is 17.6 Å². The first kappa shape index (κ1) is 16.1. The number of ether oxygens (including phenoxy) is 2. The van der Waals surface area contributed by atoms with Crippen LogP contribution in [0.4, 0.5) is 17.6 Å². The first-order valence-corrected chi connectivity index (χ1v) is 7.85. The molecule has 0 heterocycles. The number of rotatable bonds is 5. The average molecular weight is 330 g/mol. The normalized spacial score (nSPS) is 19.5. The van der Waals surface area contributed by atoms with Crippen molar-refractivity contribution in [2.24, 2.45) is 5.92 Å². The highest BCUT2D eigenvalue weighted by atomic mass is 19.4. The van der Waals surface area contributed by atoms with Gasteiger partial charge in [-0.3, -0.25) is 0 Å². The molecule has 0 bridgehead atoms. The Labute approximate surface area is 132 Å². The van der Waals surface area contributed by atoms with E-state index in [1.54, 1.807) is 0 Å². The van der Waals surface area contributed by atoms with Gasteiger partial charge in [0.15, 0.2) is 11.6 Å². The van der Waals surface area contributed by atoms with Crippen LogP contribution in [0.1, 0.15) is 44.1 Å². The van der Waals surface area contributed by atoms with Crippen molar-refractivity contribution in [3.05, 3.63) is 29.6 Å². The van der Waals surface area contributed by atoms with E-state index in [1.165, 1.54) is 18.2 Å². The van der Waals surface area contributed by atoms with E-state index in [0.717, 1.165) is 38.5 Å². The van der Waals surface area contributed by atoms with Gasteiger partial charge in [-0.2, -0.15) is 0 Å². The molecule has 0 unspecified atom stereocenters. The van der Waals surface area contributed by atoms with Crippen molar-refractivity contribution in [1.29, 1.82) is 0 Å². The van der Waals surface area contributed by atoms with E-state index in [4.69, 9.17) is 4.74 Å². The Bertz CT molecular complexity index is 585. The summed E-state index contributed by atoms with van der Waals surface area (Å²) >= 11 is 0. The molecule has 126 valence electrons. The van der Waals surface area contributed by atoms with Gasteiger partial charge in [0.2, 0.25) is 5.75 Å². The van der Waals surface area contributed by atoms with Crippen LogP contribution in [0.3, 0.4) is 0 Å². The van der Waals surface area contributed by atoms with E-state index in [2.05, 4.69) is 4.74 Å². The molecule has 2 fully saturated rings. The highest BCUT2D eigenvalue weighted by molar-refractivity contribution is 5.57. The zero-order valence-electron chi connectivity index (χ0n) is 12.5. The Kier molecular flexibility index (Phi) is 4.50. The summed E-state index contributed by atoms with van der Waals surface area (Å²) in [6.45, 7) is 0. The standard InChI is InChI=1S/C17H18F4O2/c18-15-12(6-5-11-3-1-2-4-11)7-10-14(22-13-8-9-13)16(15)23-17(19,20)21/h5-7,10-11,13H,1-4,8-9H2/b6-5+. The van der Waals surface area contributed by atoms with Gasteiger partial charge >= 0.3 is 6.36 Å². The summed E-state index contributed by atoms with van der Waals surface area (Å²) in [5, 5.41) is 0. The summed E-state index contributed by atoms with van der Waals surface area (Å²) in [7, 11) is 0. The molecule has 0 spiro atoms. The second kappa shape index (κ2) is 6.42. The van der Waals surface area contributed by atoms with Gasteiger partial charge in [-0.15, -0.1) is 13.2 Å². The Balaban J connectivity index is 1.86. The zero-order chi connectivity index (χ0) is 16.4. The minimum Gasteiger partial charge on any atom is -0.486 e. The van der Waals surface area contributed by atoms with Crippen LogP contribution in [-0.4, -0.2) is 12.5 Å². The van der Waals surface area contributed by atoms with E-state index in [1.807, 2.05) is 6.08 Å². The SMILES string of the molecule is Fc1c(/C=C/C2CCCC2)ccc(OC2CC2)c1OC(F)(F)F. The first-order valence-electron chi connectivity index (χ1n) is 7.85. The molecule has 0 saturated heterocycles. The topological polar surface area (TPSA) is 18.5 Å². The molecule has 1 aromatic rings. The summed E-state index contributed by atoms with van der Waals surface area (Å²) in [6.07, 6.45) is 4.15. The number of alkyl halides is 3. The van der Waals surface area contributed by atoms with Gasteiger partial charge in [-0.05, 0) is 43.7 Å². The predicted octanol–water partition coefficient (Wildman–Crippen LogP) is 5.47. The van der Waals surface area contributed by atoms with E-state index in [0.29, 0.717) is 5.92 Å². The molecule has 2 aliphatic carbocycles. The van der Waals surface area contributed by atoms with E-state index in [-0.39, 0.29) is 17.4 Å². The maximum absolute atomic E-state index is 14.5. The minimum absolute atomic E-state index is 0.0827. The van der Waals surface area contributed by atoms with Crippen molar-refractivity contribution in [2.75, 3.05) is 0 Å². The lowest BCUT2D eigenvalue weighted by Gasteiger charge is -2.15. The molecule has 1 aromatic carbocycles. The van der Waals surface area contributed by atoms with Gasteiger partial charge in [0.25, 0.3) is 0 Å². The van der Waals surface area contributed by atoms with Crippen LogP contribution in [0, 0.1) is 11.7 Å². The fourth-order valence-electron chi connectivity index (χ4n) is 2.74. The highest BCUT2D eigenvalue weighted by Crippen LogP contribution is 2.40. The lowest BCUT2D eigenvalue weighted by molar-refractivity contribution is -0.276. The van der Waals surface area contributed by atoms with Gasteiger partial charge in [-0.1, -0.05) is 25.0 Å². The van der Waals surface area contributed by atoms with Gasteiger partial charge in [-0.25, -0.2) is 4.39 Å². The van der Waals surface area contributed by atoms with Gasteiger partial charge in [0, 0.05) is 5.56 Å². The number of hydrogen-bond donors (Lipinski definition) is 0. The van der Waals surface area contributed by atoms with Crippen LogP contribution in [0.2, 0.25) is 0 Å². The number of allylic oxidation sites excluding steroid dienone is 1. The molecule has 2 nitrogen and oxygen atoms in total. The van der Waals surface area contributed by atoms with Crippen molar-refractivity contribution in [1.82, 2.24) is 0 Å². The molecule has 0 aromatic heterocycles. The Morgan fingerprint density at radius 3 is 2.35 bits per heavy atom. The molecule has 2 saturated carbocycles. The molecule has 2 aliphatic rings. The summed E-state index contributed by atoms with van der Waals surface area (Å²) in [4.78, 5) is 0. The minimum atomic E-state index is -4.96. The van der Waals surface area contributed by atoms with Gasteiger partial charge < -0.3 is 9.47 Å². The Morgan fingerprint density at radius 1 is 1.04 bits per heavy atom. The second-order valence-corrected chi connectivity index (χ2v) is 6.06. The summed E-state index contributed by atoms with van der Waals surface area (Å²) < 4.78 is 61.3. The van der Waals surface area contributed by atoms with Crippen LogP contribution >= 0.6 is 0 Å². The van der Waals surface area contributed by atoms with Crippen molar-refractivity contribution in [3.8, 4) is 11.5 Å². The van der Waals surface area contributed by atoms with E-state index < -0.39 is 17.9 Å². The smallest absolute Gasteiger partial charge is 0.486 e. The molecule has 0 radical (unpaired) electrons. The molecule has 0 amide bonds. The lowest BCUT2D eigenvalue weighted by atomic mass is 10.1.